The van der Waals surface area contributed by atoms with Crippen LogP contribution in [0.25, 0.3) is 11.0 Å². The largest absolute Gasteiger partial charge is 0.464 e. The van der Waals surface area contributed by atoms with Crippen LogP contribution in [0.1, 0.15) is 34.9 Å². The lowest BCUT2D eigenvalue weighted by Gasteiger charge is -2.37. The third-order valence-corrected chi connectivity index (χ3v) is 7.06. The normalized spacial score (nSPS) is 13.5. The molecule has 0 aliphatic heterocycles. The Labute approximate surface area is 210 Å². The van der Waals surface area contributed by atoms with Crippen LogP contribution in [0.5, 0.6) is 0 Å². The zero-order valence-corrected chi connectivity index (χ0v) is 20.0. The molecule has 1 atom stereocenters. The van der Waals surface area contributed by atoms with E-state index in [1.165, 1.54) is 0 Å². The summed E-state index contributed by atoms with van der Waals surface area (Å²) in [6.45, 7) is 1.79. The number of imidazole rings is 1. The summed E-state index contributed by atoms with van der Waals surface area (Å²) < 4.78 is 7.70. The predicted octanol–water partition coefficient (Wildman–Crippen LogP) is 6.73. The molecule has 176 valence electrons. The minimum atomic E-state index is -1.33. The standard InChI is InChI=1S/C32H26N2O2/c1-31(35,28-18-11-19-29-27(28)20-21-36-29)30-22-34(23-33-30)32(24-12-5-2-6-13-24,25-14-7-3-8-15-25)26-16-9-4-10-17-26/h2-23,35H,1H3. The van der Waals surface area contributed by atoms with Crippen molar-refractivity contribution in [1.82, 2.24) is 9.55 Å². The first-order valence-electron chi connectivity index (χ1n) is 12.0. The number of benzene rings is 4. The van der Waals surface area contributed by atoms with Gasteiger partial charge in [-0.3, -0.25) is 0 Å². The van der Waals surface area contributed by atoms with Gasteiger partial charge in [0, 0.05) is 17.1 Å². The van der Waals surface area contributed by atoms with Gasteiger partial charge in [-0.1, -0.05) is 103 Å². The van der Waals surface area contributed by atoms with Gasteiger partial charge in [0.2, 0.25) is 0 Å². The number of hydrogen-bond acceptors (Lipinski definition) is 3. The van der Waals surface area contributed by atoms with Crippen LogP contribution in [-0.4, -0.2) is 14.7 Å². The summed E-state index contributed by atoms with van der Waals surface area (Å²) in [5.41, 5.74) is 3.33. The van der Waals surface area contributed by atoms with Crippen LogP contribution in [0.3, 0.4) is 0 Å². The molecule has 0 saturated carbocycles. The lowest BCUT2D eigenvalue weighted by Crippen LogP contribution is -2.37. The second kappa shape index (κ2) is 8.67. The maximum Gasteiger partial charge on any atom is 0.134 e. The van der Waals surface area contributed by atoms with Gasteiger partial charge in [0.05, 0.1) is 18.3 Å². The van der Waals surface area contributed by atoms with E-state index in [2.05, 4.69) is 77.4 Å². The smallest absolute Gasteiger partial charge is 0.134 e. The molecule has 6 rings (SSSR count). The van der Waals surface area contributed by atoms with Crippen molar-refractivity contribution in [1.29, 1.82) is 0 Å². The van der Waals surface area contributed by atoms with Crippen molar-refractivity contribution in [2.45, 2.75) is 18.1 Å². The van der Waals surface area contributed by atoms with Crippen LogP contribution in [0.15, 0.2) is 138 Å². The minimum absolute atomic E-state index is 0.559. The van der Waals surface area contributed by atoms with Crippen molar-refractivity contribution >= 4 is 11.0 Å². The average Bonchev–Trinajstić information content (AvgIpc) is 3.62. The van der Waals surface area contributed by atoms with Crippen molar-refractivity contribution in [2.75, 3.05) is 0 Å². The Balaban J connectivity index is 1.61. The molecule has 0 aliphatic carbocycles. The maximum absolute atomic E-state index is 11.8. The summed E-state index contributed by atoms with van der Waals surface area (Å²) in [7, 11) is 0. The van der Waals surface area contributed by atoms with Gasteiger partial charge in [0.25, 0.3) is 0 Å². The molecule has 4 nitrogen and oxygen atoms in total. The molecule has 0 bridgehead atoms. The molecule has 36 heavy (non-hydrogen) atoms. The van der Waals surface area contributed by atoms with Gasteiger partial charge in [0.15, 0.2) is 0 Å². The first-order chi connectivity index (χ1) is 17.6. The molecule has 4 aromatic carbocycles. The molecule has 0 amide bonds. The van der Waals surface area contributed by atoms with E-state index in [1.54, 1.807) is 13.2 Å². The lowest BCUT2D eigenvalue weighted by atomic mass is 9.76. The number of fused-ring (bicyclic) bond motifs is 1. The molecular weight excluding hydrogens is 444 g/mol. The molecule has 4 heteroatoms. The highest BCUT2D eigenvalue weighted by Gasteiger charge is 2.40. The van der Waals surface area contributed by atoms with E-state index in [4.69, 9.17) is 9.40 Å². The Morgan fingerprint density at radius 1 is 0.694 bits per heavy atom. The van der Waals surface area contributed by atoms with Gasteiger partial charge in [-0.05, 0) is 35.7 Å². The van der Waals surface area contributed by atoms with E-state index in [0.29, 0.717) is 5.69 Å². The third-order valence-electron chi connectivity index (χ3n) is 7.06. The zero-order chi connectivity index (χ0) is 24.6. The van der Waals surface area contributed by atoms with Crippen molar-refractivity contribution in [3.05, 3.63) is 162 Å². The molecule has 2 aromatic heterocycles. The SMILES string of the molecule is CC(O)(c1cn(C(c2ccccc2)(c2ccccc2)c2ccccc2)cn1)c1cccc2occc12. The average molecular weight is 471 g/mol. The Morgan fingerprint density at radius 2 is 1.25 bits per heavy atom. The van der Waals surface area contributed by atoms with E-state index in [1.807, 2.05) is 55.0 Å². The maximum atomic E-state index is 11.8. The zero-order valence-electron chi connectivity index (χ0n) is 20.0. The molecule has 1 unspecified atom stereocenters. The summed E-state index contributed by atoms with van der Waals surface area (Å²) in [5, 5.41) is 12.7. The number of hydrogen-bond donors (Lipinski definition) is 1. The van der Waals surface area contributed by atoms with Crippen molar-refractivity contribution < 1.29 is 9.52 Å². The van der Waals surface area contributed by atoms with Crippen LogP contribution in [0.4, 0.5) is 0 Å². The van der Waals surface area contributed by atoms with Crippen molar-refractivity contribution in [3.8, 4) is 0 Å². The Kier molecular flexibility index (Phi) is 5.32. The Bertz CT molecular complexity index is 1500. The summed E-state index contributed by atoms with van der Waals surface area (Å²) in [4.78, 5) is 4.78. The monoisotopic (exact) mass is 470 g/mol. The van der Waals surface area contributed by atoms with E-state index in [-0.39, 0.29) is 0 Å². The fourth-order valence-corrected chi connectivity index (χ4v) is 5.30. The fraction of sp³-hybridized carbons (Fsp3) is 0.0938. The number of furan rings is 1. The van der Waals surface area contributed by atoms with E-state index < -0.39 is 11.1 Å². The molecule has 6 aromatic rings. The van der Waals surface area contributed by atoms with Crippen molar-refractivity contribution in [3.63, 3.8) is 0 Å². The minimum Gasteiger partial charge on any atom is -0.464 e. The van der Waals surface area contributed by atoms with E-state index in [9.17, 15) is 5.11 Å². The van der Waals surface area contributed by atoms with Crippen LogP contribution < -0.4 is 0 Å². The van der Waals surface area contributed by atoms with Gasteiger partial charge < -0.3 is 14.1 Å². The Morgan fingerprint density at radius 3 is 1.81 bits per heavy atom. The van der Waals surface area contributed by atoms with Gasteiger partial charge in [-0.25, -0.2) is 4.98 Å². The first-order valence-corrected chi connectivity index (χ1v) is 12.0. The summed E-state index contributed by atoms with van der Waals surface area (Å²) in [6.07, 6.45) is 5.44. The number of rotatable bonds is 6. The van der Waals surface area contributed by atoms with Crippen LogP contribution in [0, 0.1) is 0 Å². The predicted molar refractivity (Wildman–Crippen MR) is 142 cm³/mol. The number of nitrogens with zero attached hydrogens (tertiary/aromatic N) is 2. The van der Waals surface area contributed by atoms with Crippen LogP contribution >= 0.6 is 0 Å². The highest BCUT2D eigenvalue weighted by Crippen LogP contribution is 2.42. The summed E-state index contributed by atoms with van der Waals surface area (Å²) >= 11 is 0. The van der Waals surface area contributed by atoms with Crippen LogP contribution in [0.2, 0.25) is 0 Å². The van der Waals surface area contributed by atoms with E-state index in [0.717, 1.165) is 33.2 Å². The van der Waals surface area contributed by atoms with Crippen LogP contribution in [-0.2, 0) is 11.1 Å². The number of aliphatic hydroxyl groups is 1. The summed E-state index contributed by atoms with van der Waals surface area (Å²) in [6, 6.07) is 38.9. The lowest BCUT2D eigenvalue weighted by molar-refractivity contribution is 0.0992. The van der Waals surface area contributed by atoms with Gasteiger partial charge >= 0.3 is 0 Å². The highest BCUT2D eigenvalue weighted by molar-refractivity contribution is 5.82. The van der Waals surface area contributed by atoms with Gasteiger partial charge in [-0.2, -0.15) is 0 Å². The molecule has 0 fully saturated rings. The molecule has 2 heterocycles. The van der Waals surface area contributed by atoms with Gasteiger partial charge in [0.1, 0.15) is 16.7 Å². The molecule has 0 aliphatic rings. The Hall–Kier alpha value is -4.41. The number of aromatic nitrogens is 2. The summed E-state index contributed by atoms with van der Waals surface area (Å²) in [5.74, 6) is 0. The van der Waals surface area contributed by atoms with Crippen molar-refractivity contribution in [2.24, 2.45) is 0 Å². The topological polar surface area (TPSA) is 51.2 Å². The third kappa shape index (κ3) is 3.38. The molecular formula is C32H26N2O2. The molecule has 1 N–H and O–H groups in total. The van der Waals surface area contributed by atoms with E-state index >= 15 is 0 Å². The second-order valence-corrected chi connectivity index (χ2v) is 9.18. The van der Waals surface area contributed by atoms with Gasteiger partial charge in [-0.15, -0.1) is 0 Å². The first kappa shape index (κ1) is 22.1. The fourth-order valence-electron chi connectivity index (χ4n) is 5.30. The molecule has 0 spiro atoms. The second-order valence-electron chi connectivity index (χ2n) is 9.18. The molecule has 0 saturated heterocycles. The highest BCUT2D eigenvalue weighted by atomic mass is 16.3. The molecule has 0 radical (unpaired) electrons. The quantitative estimate of drug-likeness (QED) is 0.275.